The number of hydrogen-bond acceptors (Lipinski definition) is 2. The second-order valence-corrected chi connectivity index (χ2v) is 8.30. The fourth-order valence-electron chi connectivity index (χ4n) is 2.53. The summed E-state index contributed by atoms with van der Waals surface area (Å²) >= 11 is 1.87. The summed E-state index contributed by atoms with van der Waals surface area (Å²) < 4.78 is 5.43. The fraction of sp³-hybridized carbons (Fsp3) is 0.400. The Kier molecular flexibility index (Phi) is 4.53. The summed E-state index contributed by atoms with van der Waals surface area (Å²) in [6.07, 6.45) is 0. The monoisotopic (exact) mass is 314 g/mol. The number of methoxy groups -OCH3 is 1. The van der Waals surface area contributed by atoms with Crippen molar-refractivity contribution in [3.8, 4) is 10.4 Å². The molecule has 0 amide bonds. The molecule has 1 aromatic carbocycles. The third-order valence-electron chi connectivity index (χ3n) is 4.15. The first-order chi connectivity index (χ1) is 10.2. The van der Waals surface area contributed by atoms with E-state index < -0.39 is 0 Å². The van der Waals surface area contributed by atoms with Gasteiger partial charge in [-0.15, -0.1) is 11.3 Å². The van der Waals surface area contributed by atoms with E-state index in [1.165, 1.54) is 20.9 Å². The predicted molar refractivity (Wildman–Crippen MR) is 97.6 cm³/mol. The number of benzene rings is 1. The molecule has 2 heteroatoms. The molecule has 0 atom stereocenters. The lowest BCUT2D eigenvalue weighted by Crippen LogP contribution is -2.21. The Morgan fingerprint density at radius 3 is 2.18 bits per heavy atom. The predicted octanol–water partition coefficient (Wildman–Crippen LogP) is 6.15. The number of ether oxygens (including phenoxy) is 1. The second kappa shape index (κ2) is 5.92. The largest absolute Gasteiger partial charge is 0.501 e. The molecule has 2 aromatic rings. The minimum atomic E-state index is -0.225. The molecule has 118 valence electrons. The number of hydrogen-bond donors (Lipinski definition) is 0. The molecule has 0 saturated heterocycles. The summed E-state index contributed by atoms with van der Waals surface area (Å²) in [6.45, 7) is 15.2. The van der Waals surface area contributed by atoms with Crippen LogP contribution in [0.2, 0.25) is 0 Å². The van der Waals surface area contributed by atoms with Crippen molar-refractivity contribution in [1.82, 2.24) is 0 Å². The topological polar surface area (TPSA) is 9.23 Å². The molecule has 0 bridgehead atoms. The molecule has 0 aliphatic carbocycles. The van der Waals surface area contributed by atoms with Gasteiger partial charge in [0.25, 0.3) is 0 Å². The van der Waals surface area contributed by atoms with Crippen LogP contribution in [0.15, 0.2) is 48.7 Å². The highest BCUT2D eigenvalue weighted by Gasteiger charge is 2.29. The highest BCUT2D eigenvalue weighted by atomic mass is 32.1. The van der Waals surface area contributed by atoms with Crippen molar-refractivity contribution in [2.75, 3.05) is 7.11 Å². The quantitative estimate of drug-likeness (QED) is 0.615. The van der Waals surface area contributed by atoms with Crippen LogP contribution in [-0.4, -0.2) is 7.11 Å². The molecule has 1 aromatic heterocycles. The van der Waals surface area contributed by atoms with E-state index in [1.54, 1.807) is 7.11 Å². The lowest BCUT2D eigenvalue weighted by atomic mass is 9.80. The van der Waals surface area contributed by atoms with Gasteiger partial charge in [0.2, 0.25) is 0 Å². The van der Waals surface area contributed by atoms with Gasteiger partial charge in [-0.1, -0.05) is 51.6 Å². The van der Waals surface area contributed by atoms with Gasteiger partial charge in [-0.2, -0.15) is 0 Å². The molecule has 2 rings (SSSR count). The maximum atomic E-state index is 5.43. The normalized spacial score (nSPS) is 12.3. The van der Waals surface area contributed by atoms with Gasteiger partial charge in [0, 0.05) is 15.2 Å². The van der Waals surface area contributed by atoms with Gasteiger partial charge in [0.15, 0.2) is 0 Å². The first-order valence-electron chi connectivity index (χ1n) is 7.61. The summed E-state index contributed by atoms with van der Waals surface area (Å²) in [5.41, 5.74) is 2.48. The molecule has 0 unspecified atom stereocenters. The third-order valence-corrected chi connectivity index (χ3v) is 5.70. The van der Waals surface area contributed by atoms with Crippen LogP contribution in [0, 0.1) is 0 Å². The maximum absolute atomic E-state index is 5.43. The van der Waals surface area contributed by atoms with Crippen LogP contribution in [-0.2, 0) is 15.6 Å². The van der Waals surface area contributed by atoms with Crippen molar-refractivity contribution in [2.24, 2.45) is 0 Å². The SMILES string of the molecule is C=C(OC)C(C)(C)c1ccccc1-c1ccc(C(C)(C)C)s1. The Morgan fingerprint density at radius 1 is 1.00 bits per heavy atom. The molecule has 0 radical (unpaired) electrons. The van der Waals surface area contributed by atoms with Crippen LogP contribution in [0.4, 0.5) is 0 Å². The molecule has 0 aliphatic rings. The number of allylic oxidation sites excluding steroid dienone is 1. The average molecular weight is 314 g/mol. The zero-order valence-corrected chi connectivity index (χ0v) is 15.3. The molecule has 0 spiro atoms. The summed E-state index contributed by atoms with van der Waals surface area (Å²) in [7, 11) is 1.69. The van der Waals surface area contributed by atoms with Crippen molar-refractivity contribution >= 4 is 11.3 Å². The highest BCUT2D eigenvalue weighted by molar-refractivity contribution is 7.15. The van der Waals surface area contributed by atoms with E-state index in [9.17, 15) is 0 Å². The Bertz CT molecular complexity index is 671. The van der Waals surface area contributed by atoms with Gasteiger partial charge in [-0.05, 0) is 42.5 Å². The molecule has 0 saturated carbocycles. The van der Waals surface area contributed by atoms with Crippen molar-refractivity contribution in [3.05, 3.63) is 59.2 Å². The summed E-state index contributed by atoms with van der Waals surface area (Å²) in [6, 6.07) is 13.0. The second-order valence-electron chi connectivity index (χ2n) is 7.21. The molecule has 22 heavy (non-hydrogen) atoms. The maximum Gasteiger partial charge on any atom is 0.0983 e. The molecule has 0 N–H and O–H groups in total. The van der Waals surface area contributed by atoms with E-state index in [4.69, 9.17) is 4.74 Å². The smallest absolute Gasteiger partial charge is 0.0983 e. The Labute approximate surface area is 138 Å². The lowest BCUT2D eigenvalue weighted by molar-refractivity contribution is 0.237. The Morgan fingerprint density at radius 2 is 1.64 bits per heavy atom. The van der Waals surface area contributed by atoms with Crippen molar-refractivity contribution < 1.29 is 4.74 Å². The van der Waals surface area contributed by atoms with Crippen LogP contribution in [0.1, 0.15) is 45.1 Å². The van der Waals surface area contributed by atoms with Crippen LogP contribution >= 0.6 is 11.3 Å². The van der Waals surface area contributed by atoms with Crippen molar-refractivity contribution in [3.63, 3.8) is 0 Å². The van der Waals surface area contributed by atoms with Crippen LogP contribution in [0.3, 0.4) is 0 Å². The van der Waals surface area contributed by atoms with Crippen molar-refractivity contribution in [2.45, 2.75) is 45.4 Å². The van der Waals surface area contributed by atoms with Gasteiger partial charge in [0.05, 0.1) is 12.9 Å². The van der Waals surface area contributed by atoms with Crippen LogP contribution < -0.4 is 0 Å². The van der Waals surface area contributed by atoms with E-state index in [0.29, 0.717) is 0 Å². The van der Waals surface area contributed by atoms with Gasteiger partial charge in [0.1, 0.15) is 0 Å². The van der Waals surface area contributed by atoms with Crippen LogP contribution in [0.5, 0.6) is 0 Å². The van der Waals surface area contributed by atoms with E-state index in [-0.39, 0.29) is 10.8 Å². The Balaban J connectivity index is 2.54. The molecular weight excluding hydrogens is 288 g/mol. The van der Waals surface area contributed by atoms with E-state index in [0.717, 1.165) is 5.76 Å². The zero-order chi connectivity index (χ0) is 16.5. The van der Waals surface area contributed by atoms with Crippen LogP contribution in [0.25, 0.3) is 10.4 Å². The van der Waals surface area contributed by atoms with Gasteiger partial charge < -0.3 is 4.74 Å². The first kappa shape index (κ1) is 16.8. The minimum Gasteiger partial charge on any atom is -0.501 e. The molecule has 0 fully saturated rings. The first-order valence-corrected chi connectivity index (χ1v) is 8.43. The Hall–Kier alpha value is -1.54. The molecular formula is C20H26OS. The third kappa shape index (κ3) is 3.12. The molecule has 0 aliphatic heterocycles. The standard InChI is InChI=1S/C20H26OS/c1-14(21-7)20(5,6)16-11-9-8-10-15(16)17-12-13-18(22-17)19(2,3)4/h8-13H,1H2,2-7H3. The molecule has 1 heterocycles. The van der Waals surface area contributed by atoms with E-state index in [1.807, 2.05) is 11.3 Å². The van der Waals surface area contributed by atoms with Gasteiger partial charge >= 0.3 is 0 Å². The summed E-state index contributed by atoms with van der Waals surface area (Å²) in [5, 5.41) is 0. The van der Waals surface area contributed by atoms with Gasteiger partial charge in [-0.3, -0.25) is 0 Å². The zero-order valence-electron chi connectivity index (χ0n) is 14.5. The summed E-state index contributed by atoms with van der Waals surface area (Å²) in [4.78, 5) is 2.71. The van der Waals surface area contributed by atoms with E-state index >= 15 is 0 Å². The van der Waals surface area contributed by atoms with Gasteiger partial charge in [-0.25, -0.2) is 0 Å². The van der Waals surface area contributed by atoms with E-state index in [2.05, 4.69) is 77.6 Å². The average Bonchev–Trinajstić information content (AvgIpc) is 2.96. The van der Waals surface area contributed by atoms with Crippen molar-refractivity contribution in [1.29, 1.82) is 0 Å². The summed E-state index contributed by atoms with van der Waals surface area (Å²) in [5.74, 6) is 0.785. The number of thiophene rings is 1. The highest BCUT2D eigenvalue weighted by Crippen LogP contribution is 2.41. The lowest BCUT2D eigenvalue weighted by Gasteiger charge is -2.28. The fourth-order valence-corrected chi connectivity index (χ4v) is 3.64. The minimum absolute atomic E-state index is 0.184. The molecule has 1 nitrogen and oxygen atoms in total. The number of rotatable bonds is 4.